The van der Waals surface area contributed by atoms with Gasteiger partial charge in [-0.2, -0.15) is 0 Å². The van der Waals surface area contributed by atoms with Crippen LogP contribution in [0.1, 0.15) is 53.3 Å². The number of nitrogens with one attached hydrogen (secondary N) is 2. The molecule has 1 amide bonds. The Bertz CT molecular complexity index is 420. The molecule has 0 aliphatic rings. The van der Waals surface area contributed by atoms with Gasteiger partial charge in [0.05, 0.1) is 6.54 Å². The van der Waals surface area contributed by atoms with Gasteiger partial charge >= 0.3 is 0 Å². The predicted octanol–water partition coefficient (Wildman–Crippen LogP) is 2.08. The lowest BCUT2D eigenvalue weighted by Crippen LogP contribution is -2.37. The summed E-state index contributed by atoms with van der Waals surface area (Å²) in [5.41, 5.74) is 0.0364. The third-order valence-corrected chi connectivity index (χ3v) is 3.02. The Hall–Kier alpha value is -1.36. The maximum atomic E-state index is 12.0. The van der Waals surface area contributed by atoms with E-state index in [0.29, 0.717) is 13.1 Å². The second kappa shape index (κ2) is 7.43. The average Bonchev–Trinajstić information content (AvgIpc) is 2.72. The number of amides is 1. The van der Waals surface area contributed by atoms with Crippen LogP contribution in [-0.2, 0) is 17.9 Å². The lowest BCUT2D eigenvalue weighted by molar-refractivity contribution is -0.122. The Morgan fingerprint density at radius 3 is 2.75 bits per heavy atom. The van der Waals surface area contributed by atoms with Crippen LogP contribution < -0.4 is 10.6 Å². The Balaban J connectivity index is 2.52. The zero-order valence-electron chi connectivity index (χ0n) is 13.4. The first kappa shape index (κ1) is 16.7. The van der Waals surface area contributed by atoms with Gasteiger partial charge in [-0.3, -0.25) is 4.79 Å². The second-order valence-corrected chi connectivity index (χ2v) is 6.33. The molecule has 0 saturated carbocycles. The number of nitrogens with zero attached hydrogens (tertiary/aromatic N) is 2. The van der Waals surface area contributed by atoms with Crippen LogP contribution in [0.25, 0.3) is 0 Å². The van der Waals surface area contributed by atoms with Crippen molar-refractivity contribution < 1.29 is 4.79 Å². The molecule has 1 aromatic rings. The number of hydrogen-bond donors (Lipinski definition) is 2. The molecule has 0 aromatic carbocycles. The Kier molecular flexibility index (Phi) is 6.20. The van der Waals surface area contributed by atoms with Crippen molar-refractivity contribution in [2.75, 3.05) is 0 Å². The van der Waals surface area contributed by atoms with E-state index < -0.39 is 0 Å². The van der Waals surface area contributed by atoms with Gasteiger partial charge in [0.25, 0.3) is 0 Å². The topological polar surface area (TPSA) is 59.0 Å². The van der Waals surface area contributed by atoms with Gasteiger partial charge in [0, 0.05) is 24.0 Å². The number of rotatable bonds is 7. The van der Waals surface area contributed by atoms with Crippen molar-refractivity contribution in [1.82, 2.24) is 20.2 Å². The van der Waals surface area contributed by atoms with Crippen molar-refractivity contribution in [3.8, 4) is 0 Å². The van der Waals surface area contributed by atoms with Crippen LogP contribution in [0.4, 0.5) is 0 Å². The molecule has 1 atom stereocenters. The Morgan fingerprint density at radius 1 is 1.45 bits per heavy atom. The van der Waals surface area contributed by atoms with Crippen molar-refractivity contribution in [3.05, 3.63) is 18.2 Å². The zero-order valence-corrected chi connectivity index (χ0v) is 13.4. The summed E-state index contributed by atoms with van der Waals surface area (Å²) in [5.74, 6) is 0.930. The van der Waals surface area contributed by atoms with Gasteiger partial charge in [-0.05, 0) is 34.1 Å². The molecule has 0 spiro atoms. The number of carbonyl (C=O) groups excluding carboxylic acids is 1. The van der Waals surface area contributed by atoms with Crippen molar-refractivity contribution in [1.29, 1.82) is 0 Å². The van der Waals surface area contributed by atoms with E-state index in [1.165, 1.54) is 0 Å². The first-order valence-electron chi connectivity index (χ1n) is 7.36. The fourth-order valence-electron chi connectivity index (χ4n) is 1.98. The van der Waals surface area contributed by atoms with Crippen LogP contribution in [0.3, 0.4) is 0 Å². The summed E-state index contributed by atoms with van der Waals surface area (Å²) in [6.07, 6.45) is 5.67. The van der Waals surface area contributed by atoms with E-state index in [9.17, 15) is 4.79 Å². The lowest BCUT2D eigenvalue weighted by Gasteiger charge is -2.20. The highest BCUT2D eigenvalue weighted by atomic mass is 16.2. The Labute approximate surface area is 122 Å². The summed E-state index contributed by atoms with van der Waals surface area (Å²) in [4.78, 5) is 16.3. The summed E-state index contributed by atoms with van der Waals surface area (Å²) < 4.78 is 1.90. The van der Waals surface area contributed by atoms with Crippen LogP contribution in [-0.4, -0.2) is 27.0 Å². The maximum Gasteiger partial charge on any atom is 0.240 e. The number of carbonyl (C=O) groups is 1. The van der Waals surface area contributed by atoms with Gasteiger partial charge in [0.1, 0.15) is 12.4 Å². The molecule has 114 valence electrons. The molecule has 0 saturated heterocycles. The van der Waals surface area contributed by atoms with E-state index in [1.54, 1.807) is 6.20 Å². The van der Waals surface area contributed by atoms with Crippen LogP contribution in [0, 0.1) is 0 Å². The molecule has 2 N–H and O–H groups in total. The fraction of sp³-hybridized carbons (Fsp3) is 0.733. The summed E-state index contributed by atoms with van der Waals surface area (Å²) in [5, 5.41) is 6.39. The standard InChI is InChI=1S/C15H28N4O/c1-6-7-12(2)18-14(20)11-19-9-8-16-13(19)10-17-15(3,4)5/h8-9,12,17H,6-7,10-11H2,1-5H3,(H,18,20). The molecule has 20 heavy (non-hydrogen) atoms. The van der Waals surface area contributed by atoms with Crippen LogP contribution >= 0.6 is 0 Å². The van der Waals surface area contributed by atoms with E-state index >= 15 is 0 Å². The molecule has 5 heteroatoms. The van der Waals surface area contributed by atoms with Gasteiger partial charge in [-0.15, -0.1) is 0 Å². The normalized spacial score (nSPS) is 13.2. The largest absolute Gasteiger partial charge is 0.352 e. The molecule has 0 fully saturated rings. The minimum absolute atomic E-state index is 0.0364. The third-order valence-electron chi connectivity index (χ3n) is 3.02. The highest BCUT2D eigenvalue weighted by Crippen LogP contribution is 2.04. The number of aromatic nitrogens is 2. The third kappa shape index (κ3) is 6.19. The van der Waals surface area contributed by atoms with Gasteiger partial charge in [-0.1, -0.05) is 13.3 Å². The fourth-order valence-corrected chi connectivity index (χ4v) is 1.98. The van der Waals surface area contributed by atoms with Gasteiger partial charge in [-0.25, -0.2) is 4.98 Å². The molecule has 0 bridgehead atoms. The maximum absolute atomic E-state index is 12.0. The van der Waals surface area contributed by atoms with Crippen LogP contribution in [0.2, 0.25) is 0 Å². The summed E-state index contributed by atoms with van der Waals surface area (Å²) >= 11 is 0. The molecule has 1 unspecified atom stereocenters. The first-order chi connectivity index (χ1) is 9.31. The second-order valence-electron chi connectivity index (χ2n) is 6.33. The quantitative estimate of drug-likeness (QED) is 0.804. The number of hydrogen-bond acceptors (Lipinski definition) is 3. The Morgan fingerprint density at radius 2 is 2.15 bits per heavy atom. The van der Waals surface area contributed by atoms with Gasteiger partial charge < -0.3 is 15.2 Å². The molecule has 0 aliphatic carbocycles. The van der Waals surface area contributed by atoms with Crippen molar-refractivity contribution in [2.45, 2.75) is 72.1 Å². The molecule has 1 rings (SSSR count). The SMILES string of the molecule is CCCC(C)NC(=O)Cn1ccnc1CNC(C)(C)C. The highest BCUT2D eigenvalue weighted by Gasteiger charge is 2.13. The van der Waals surface area contributed by atoms with Crippen molar-refractivity contribution >= 4 is 5.91 Å². The van der Waals surface area contributed by atoms with Crippen LogP contribution in [0.15, 0.2) is 12.4 Å². The summed E-state index contributed by atoms with van der Waals surface area (Å²) in [6.45, 7) is 11.5. The molecule has 1 aromatic heterocycles. The van der Waals surface area contributed by atoms with Crippen LogP contribution in [0.5, 0.6) is 0 Å². The molecular formula is C15H28N4O. The summed E-state index contributed by atoms with van der Waals surface area (Å²) in [7, 11) is 0. The minimum Gasteiger partial charge on any atom is -0.352 e. The molecule has 0 aliphatic heterocycles. The summed E-state index contributed by atoms with van der Waals surface area (Å²) in [6, 6.07) is 0.229. The van der Waals surface area contributed by atoms with Crippen molar-refractivity contribution in [2.24, 2.45) is 0 Å². The molecule has 5 nitrogen and oxygen atoms in total. The van der Waals surface area contributed by atoms with Crippen molar-refractivity contribution in [3.63, 3.8) is 0 Å². The lowest BCUT2D eigenvalue weighted by atomic mass is 10.1. The van der Waals surface area contributed by atoms with E-state index in [0.717, 1.165) is 18.7 Å². The van der Waals surface area contributed by atoms with Gasteiger partial charge in [0.15, 0.2) is 0 Å². The highest BCUT2D eigenvalue weighted by molar-refractivity contribution is 5.76. The first-order valence-corrected chi connectivity index (χ1v) is 7.36. The van der Waals surface area contributed by atoms with E-state index in [4.69, 9.17) is 0 Å². The average molecular weight is 280 g/mol. The monoisotopic (exact) mass is 280 g/mol. The molecular weight excluding hydrogens is 252 g/mol. The minimum atomic E-state index is 0.0364. The van der Waals surface area contributed by atoms with E-state index in [2.05, 4.69) is 43.3 Å². The van der Waals surface area contributed by atoms with E-state index in [-0.39, 0.29) is 17.5 Å². The number of imidazole rings is 1. The predicted molar refractivity (Wildman–Crippen MR) is 81.3 cm³/mol. The van der Waals surface area contributed by atoms with E-state index in [1.807, 2.05) is 17.7 Å². The van der Waals surface area contributed by atoms with Gasteiger partial charge in [0.2, 0.25) is 5.91 Å². The molecule has 0 radical (unpaired) electrons. The zero-order chi connectivity index (χ0) is 15.2. The molecule has 1 heterocycles. The smallest absolute Gasteiger partial charge is 0.240 e.